The second kappa shape index (κ2) is 9.14. The molecule has 1 rings (SSSR count). The Balaban J connectivity index is 2.65. The van der Waals surface area contributed by atoms with Crippen LogP contribution in [0.15, 0.2) is 10.6 Å². The first-order valence-corrected chi connectivity index (χ1v) is 7.99. The van der Waals surface area contributed by atoms with Crippen molar-refractivity contribution in [1.82, 2.24) is 15.4 Å². The van der Waals surface area contributed by atoms with Gasteiger partial charge in [-0.15, -0.1) is 0 Å². The van der Waals surface area contributed by atoms with Crippen LogP contribution in [-0.2, 0) is 13.1 Å². The maximum atomic E-state index is 5.48. The number of rotatable bonds is 10. The van der Waals surface area contributed by atoms with E-state index in [1.54, 1.807) is 0 Å². The Morgan fingerprint density at radius 1 is 1.25 bits per heavy atom. The zero-order valence-electron chi connectivity index (χ0n) is 13.8. The molecular formula is C16H31N3O. The van der Waals surface area contributed by atoms with E-state index in [0.717, 1.165) is 37.6 Å². The van der Waals surface area contributed by atoms with Gasteiger partial charge >= 0.3 is 0 Å². The summed E-state index contributed by atoms with van der Waals surface area (Å²) in [6.07, 6.45) is 2.36. The SMILES string of the molecule is CCNCc1cc(CN(CC(C)C)C(CC)CC)on1. The van der Waals surface area contributed by atoms with Crippen LogP contribution in [0.5, 0.6) is 0 Å². The smallest absolute Gasteiger partial charge is 0.151 e. The van der Waals surface area contributed by atoms with Gasteiger partial charge in [0.1, 0.15) is 0 Å². The molecule has 0 fully saturated rings. The van der Waals surface area contributed by atoms with Crippen molar-refractivity contribution >= 4 is 0 Å². The average molecular weight is 281 g/mol. The Morgan fingerprint density at radius 3 is 2.50 bits per heavy atom. The van der Waals surface area contributed by atoms with Gasteiger partial charge in [0.15, 0.2) is 5.76 Å². The van der Waals surface area contributed by atoms with Crippen molar-refractivity contribution in [2.45, 2.75) is 66.6 Å². The van der Waals surface area contributed by atoms with Crippen LogP contribution in [0.3, 0.4) is 0 Å². The second-order valence-corrected chi connectivity index (χ2v) is 5.86. The summed E-state index contributed by atoms with van der Waals surface area (Å²) in [4.78, 5) is 2.53. The molecule has 0 atom stereocenters. The average Bonchev–Trinajstić information content (AvgIpc) is 2.84. The van der Waals surface area contributed by atoms with Gasteiger partial charge in [-0.1, -0.05) is 39.8 Å². The maximum absolute atomic E-state index is 5.48. The Labute approximate surface area is 123 Å². The van der Waals surface area contributed by atoms with E-state index in [4.69, 9.17) is 4.52 Å². The van der Waals surface area contributed by atoms with Gasteiger partial charge in [-0.2, -0.15) is 0 Å². The van der Waals surface area contributed by atoms with E-state index in [1.807, 2.05) is 0 Å². The van der Waals surface area contributed by atoms with Crippen molar-refractivity contribution in [2.75, 3.05) is 13.1 Å². The van der Waals surface area contributed by atoms with E-state index < -0.39 is 0 Å². The molecule has 116 valence electrons. The second-order valence-electron chi connectivity index (χ2n) is 5.86. The minimum Gasteiger partial charge on any atom is -0.360 e. The molecular weight excluding hydrogens is 250 g/mol. The van der Waals surface area contributed by atoms with Gasteiger partial charge in [0, 0.05) is 25.2 Å². The molecule has 1 heterocycles. The summed E-state index contributed by atoms with van der Waals surface area (Å²) in [5.74, 6) is 1.64. The normalized spacial score (nSPS) is 12.0. The van der Waals surface area contributed by atoms with E-state index in [-0.39, 0.29) is 0 Å². The molecule has 4 heteroatoms. The number of hydrogen-bond donors (Lipinski definition) is 1. The fourth-order valence-electron chi connectivity index (χ4n) is 2.58. The first kappa shape index (κ1) is 17.2. The van der Waals surface area contributed by atoms with Gasteiger partial charge in [-0.25, -0.2) is 0 Å². The first-order chi connectivity index (χ1) is 9.60. The summed E-state index contributed by atoms with van der Waals surface area (Å²) in [5.41, 5.74) is 0.996. The highest BCUT2D eigenvalue weighted by molar-refractivity contribution is 5.05. The fraction of sp³-hybridized carbons (Fsp3) is 0.812. The molecule has 4 nitrogen and oxygen atoms in total. The van der Waals surface area contributed by atoms with Crippen LogP contribution in [0.25, 0.3) is 0 Å². The topological polar surface area (TPSA) is 41.3 Å². The van der Waals surface area contributed by atoms with Gasteiger partial charge in [0.25, 0.3) is 0 Å². The first-order valence-electron chi connectivity index (χ1n) is 7.99. The molecule has 0 aliphatic carbocycles. The molecule has 1 N–H and O–H groups in total. The largest absolute Gasteiger partial charge is 0.360 e. The molecule has 0 aliphatic rings. The van der Waals surface area contributed by atoms with Crippen LogP contribution in [0.4, 0.5) is 0 Å². The molecule has 0 aliphatic heterocycles. The predicted octanol–water partition coefficient (Wildman–Crippen LogP) is 3.43. The zero-order chi connectivity index (χ0) is 15.0. The Kier molecular flexibility index (Phi) is 7.85. The molecule has 1 aromatic heterocycles. The molecule has 20 heavy (non-hydrogen) atoms. The van der Waals surface area contributed by atoms with Gasteiger partial charge in [-0.3, -0.25) is 4.90 Å². The summed E-state index contributed by atoms with van der Waals surface area (Å²) in [5, 5.41) is 7.41. The van der Waals surface area contributed by atoms with E-state index >= 15 is 0 Å². The van der Waals surface area contributed by atoms with Crippen molar-refractivity contribution in [2.24, 2.45) is 5.92 Å². The van der Waals surface area contributed by atoms with Crippen molar-refractivity contribution in [3.05, 3.63) is 17.5 Å². The fourth-order valence-corrected chi connectivity index (χ4v) is 2.58. The molecule has 0 saturated carbocycles. The van der Waals surface area contributed by atoms with Crippen molar-refractivity contribution in [3.63, 3.8) is 0 Å². The highest BCUT2D eigenvalue weighted by Gasteiger charge is 2.18. The minimum absolute atomic E-state index is 0.625. The summed E-state index contributed by atoms with van der Waals surface area (Å²) < 4.78 is 5.48. The van der Waals surface area contributed by atoms with Crippen LogP contribution >= 0.6 is 0 Å². The third-order valence-corrected chi connectivity index (χ3v) is 3.58. The van der Waals surface area contributed by atoms with Crippen molar-refractivity contribution in [1.29, 1.82) is 0 Å². The molecule has 0 spiro atoms. The standard InChI is InChI=1S/C16H31N3O/c1-6-15(7-2)19(11-13(4)5)12-16-9-14(18-20-16)10-17-8-3/h9,13,15,17H,6-8,10-12H2,1-5H3. The lowest BCUT2D eigenvalue weighted by Gasteiger charge is -2.30. The monoisotopic (exact) mass is 281 g/mol. The van der Waals surface area contributed by atoms with E-state index in [0.29, 0.717) is 12.0 Å². The van der Waals surface area contributed by atoms with E-state index in [2.05, 4.69) is 56.1 Å². The quantitative estimate of drug-likeness (QED) is 0.713. The van der Waals surface area contributed by atoms with Gasteiger partial charge < -0.3 is 9.84 Å². The van der Waals surface area contributed by atoms with E-state index in [9.17, 15) is 0 Å². The minimum atomic E-state index is 0.625. The van der Waals surface area contributed by atoms with Crippen LogP contribution in [0.1, 0.15) is 58.9 Å². The molecule has 0 amide bonds. The molecule has 0 saturated heterocycles. The molecule has 0 aromatic carbocycles. The Bertz CT molecular complexity index is 358. The lowest BCUT2D eigenvalue weighted by Crippen LogP contribution is -2.36. The molecule has 1 aromatic rings. The molecule has 0 unspecified atom stereocenters. The Morgan fingerprint density at radius 2 is 1.95 bits per heavy atom. The van der Waals surface area contributed by atoms with Gasteiger partial charge in [0.05, 0.1) is 12.2 Å². The molecule has 0 bridgehead atoms. The lowest BCUT2D eigenvalue weighted by molar-refractivity contribution is 0.141. The number of nitrogens with zero attached hydrogens (tertiary/aromatic N) is 2. The molecule has 0 radical (unpaired) electrons. The highest BCUT2D eigenvalue weighted by Crippen LogP contribution is 2.16. The summed E-state index contributed by atoms with van der Waals surface area (Å²) in [7, 11) is 0. The van der Waals surface area contributed by atoms with Crippen molar-refractivity contribution in [3.8, 4) is 0 Å². The lowest BCUT2D eigenvalue weighted by atomic mass is 10.1. The summed E-state index contributed by atoms with van der Waals surface area (Å²) in [6, 6.07) is 2.71. The highest BCUT2D eigenvalue weighted by atomic mass is 16.5. The predicted molar refractivity (Wildman–Crippen MR) is 83.5 cm³/mol. The van der Waals surface area contributed by atoms with Crippen LogP contribution in [-0.4, -0.2) is 29.2 Å². The van der Waals surface area contributed by atoms with Crippen LogP contribution in [0.2, 0.25) is 0 Å². The van der Waals surface area contributed by atoms with Gasteiger partial charge in [0.2, 0.25) is 0 Å². The number of aromatic nitrogens is 1. The van der Waals surface area contributed by atoms with Gasteiger partial charge in [-0.05, 0) is 25.3 Å². The zero-order valence-corrected chi connectivity index (χ0v) is 13.8. The third kappa shape index (κ3) is 5.63. The van der Waals surface area contributed by atoms with Crippen LogP contribution in [0, 0.1) is 5.92 Å². The maximum Gasteiger partial charge on any atom is 0.151 e. The van der Waals surface area contributed by atoms with E-state index in [1.165, 1.54) is 12.8 Å². The summed E-state index contributed by atoms with van der Waals surface area (Å²) >= 11 is 0. The summed E-state index contributed by atoms with van der Waals surface area (Å²) in [6.45, 7) is 14.9. The third-order valence-electron chi connectivity index (χ3n) is 3.58. The van der Waals surface area contributed by atoms with Crippen LogP contribution < -0.4 is 5.32 Å². The number of nitrogens with one attached hydrogen (secondary N) is 1. The Hall–Kier alpha value is -0.870. The van der Waals surface area contributed by atoms with Crippen molar-refractivity contribution < 1.29 is 4.52 Å². The number of hydrogen-bond acceptors (Lipinski definition) is 4.